The summed E-state index contributed by atoms with van der Waals surface area (Å²) in [7, 11) is 3.22. The molecule has 0 saturated heterocycles. The topological polar surface area (TPSA) is 35.5 Å². The molecular formula is C28H32O3. The first-order chi connectivity index (χ1) is 15.0. The molecular weight excluding hydrogens is 384 g/mol. The van der Waals surface area contributed by atoms with Crippen LogP contribution in [0.4, 0.5) is 0 Å². The lowest BCUT2D eigenvalue weighted by atomic mass is 9.48. The van der Waals surface area contributed by atoms with Gasteiger partial charge in [-0.3, -0.25) is 0 Å². The first-order valence-corrected chi connectivity index (χ1v) is 11.6. The van der Waals surface area contributed by atoms with Crippen molar-refractivity contribution in [2.24, 2.45) is 17.8 Å². The van der Waals surface area contributed by atoms with Crippen molar-refractivity contribution in [1.82, 2.24) is 0 Å². The van der Waals surface area contributed by atoms with E-state index in [9.17, 15) is 4.79 Å². The van der Waals surface area contributed by atoms with Crippen molar-refractivity contribution in [2.75, 3.05) is 14.2 Å². The van der Waals surface area contributed by atoms with E-state index in [0.717, 1.165) is 29.1 Å². The fraction of sp³-hybridized carbons (Fsp3) is 0.464. The van der Waals surface area contributed by atoms with Crippen LogP contribution in [0.2, 0.25) is 0 Å². The van der Waals surface area contributed by atoms with E-state index < -0.39 is 0 Å². The van der Waals surface area contributed by atoms with Gasteiger partial charge in [-0.15, -0.1) is 0 Å². The summed E-state index contributed by atoms with van der Waals surface area (Å²) in [6, 6.07) is 14.3. The van der Waals surface area contributed by atoms with E-state index in [2.05, 4.69) is 31.2 Å². The smallest absolute Gasteiger partial charge is 0.337 e. The summed E-state index contributed by atoms with van der Waals surface area (Å²) in [4.78, 5) is 11.7. The van der Waals surface area contributed by atoms with E-state index in [0.29, 0.717) is 11.0 Å². The van der Waals surface area contributed by atoms with Crippen molar-refractivity contribution in [3.8, 4) is 5.75 Å². The lowest BCUT2D eigenvalue weighted by molar-refractivity contribution is -0.00616. The monoisotopic (exact) mass is 416 g/mol. The fourth-order valence-corrected chi connectivity index (χ4v) is 6.97. The molecule has 4 aliphatic carbocycles. The number of carbonyl (C=O) groups is 1. The van der Waals surface area contributed by atoms with Crippen LogP contribution in [0.25, 0.3) is 11.6 Å². The third kappa shape index (κ3) is 3.69. The van der Waals surface area contributed by atoms with Crippen molar-refractivity contribution in [2.45, 2.75) is 50.9 Å². The molecule has 0 aromatic heterocycles. The molecule has 0 spiro atoms. The van der Waals surface area contributed by atoms with Gasteiger partial charge in [0.25, 0.3) is 0 Å². The summed E-state index contributed by atoms with van der Waals surface area (Å²) in [6.45, 7) is 2.17. The van der Waals surface area contributed by atoms with E-state index in [1.165, 1.54) is 62.3 Å². The molecule has 0 unspecified atom stereocenters. The van der Waals surface area contributed by atoms with Crippen molar-refractivity contribution < 1.29 is 14.3 Å². The predicted molar refractivity (Wildman–Crippen MR) is 124 cm³/mol. The molecule has 2 aromatic rings. The SMILES string of the molecule is COC(=O)c1ccc(C=C(C)c2ccc(OC)c(C34CC5CC(CC(C5)C3)C4)c2)cc1. The Hall–Kier alpha value is -2.55. The van der Waals surface area contributed by atoms with Crippen molar-refractivity contribution in [1.29, 1.82) is 0 Å². The van der Waals surface area contributed by atoms with E-state index >= 15 is 0 Å². The van der Waals surface area contributed by atoms with Crippen LogP contribution < -0.4 is 4.74 Å². The molecule has 0 amide bonds. The summed E-state index contributed by atoms with van der Waals surface area (Å²) in [5.74, 6) is 3.47. The molecule has 0 heterocycles. The highest BCUT2D eigenvalue weighted by atomic mass is 16.5. The Morgan fingerprint density at radius 1 is 0.903 bits per heavy atom. The Kier molecular flexibility index (Phi) is 5.16. The van der Waals surface area contributed by atoms with Gasteiger partial charge >= 0.3 is 5.97 Å². The second-order valence-corrected chi connectivity index (χ2v) is 10.1. The molecule has 31 heavy (non-hydrogen) atoms. The van der Waals surface area contributed by atoms with Gasteiger partial charge in [-0.25, -0.2) is 4.79 Å². The molecule has 0 N–H and O–H groups in total. The number of ether oxygens (including phenoxy) is 2. The standard InChI is InChI=1S/C28H32O3/c1-18(10-19-4-6-23(7-5-19)27(29)31-3)24-8-9-26(30-2)25(14-24)28-15-20-11-21(16-28)13-22(12-20)17-28/h4-10,14,20-22H,11-13,15-17H2,1-3H3. The molecule has 0 atom stereocenters. The minimum Gasteiger partial charge on any atom is -0.496 e. The van der Waals surface area contributed by atoms with Crippen molar-refractivity contribution in [3.05, 3.63) is 64.7 Å². The van der Waals surface area contributed by atoms with Crippen molar-refractivity contribution in [3.63, 3.8) is 0 Å². The van der Waals surface area contributed by atoms with Crippen LogP contribution in [0.3, 0.4) is 0 Å². The third-order valence-corrected chi connectivity index (χ3v) is 7.98. The number of hydrogen-bond donors (Lipinski definition) is 0. The maximum absolute atomic E-state index is 11.7. The quantitative estimate of drug-likeness (QED) is 0.412. The third-order valence-electron chi connectivity index (χ3n) is 7.98. The van der Waals surface area contributed by atoms with Crippen LogP contribution in [-0.2, 0) is 10.2 Å². The Morgan fingerprint density at radius 3 is 2.03 bits per heavy atom. The van der Waals surface area contributed by atoms with Crippen LogP contribution in [-0.4, -0.2) is 20.2 Å². The summed E-state index contributed by atoms with van der Waals surface area (Å²) < 4.78 is 10.7. The zero-order chi connectivity index (χ0) is 21.6. The highest BCUT2D eigenvalue weighted by molar-refractivity contribution is 5.90. The number of carbonyl (C=O) groups excluding carboxylic acids is 1. The maximum Gasteiger partial charge on any atom is 0.337 e. The number of esters is 1. The minimum absolute atomic E-state index is 0.303. The number of hydrogen-bond acceptors (Lipinski definition) is 3. The molecule has 4 saturated carbocycles. The van der Waals surface area contributed by atoms with Gasteiger partial charge in [0.05, 0.1) is 19.8 Å². The van der Waals surface area contributed by atoms with Gasteiger partial charge in [0.2, 0.25) is 0 Å². The molecule has 2 aromatic carbocycles. The molecule has 4 aliphatic rings. The highest BCUT2D eigenvalue weighted by Gasteiger charge is 2.52. The average molecular weight is 417 g/mol. The van der Waals surface area contributed by atoms with E-state index in [4.69, 9.17) is 9.47 Å². The average Bonchev–Trinajstić information content (AvgIpc) is 2.77. The number of allylic oxidation sites excluding steroid dienone is 1. The normalized spacial score (nSPS) is 29.1. The first-order valence-electron chi connectivity index (χ1n) is 11.6. The molecule has 0 aliphatic heterocycles. The van der Waals surface area contributed by atoms with Gasteiger partial charge in [-0.2, -0.15) is 0 Å². The first kappa shape index (κ1) is 20.4. The fourth-order valence-electron chi connectivity index (χ4n) is 6.97. The number of benzene rings is 2. The van der Waals surface area contributed by atoms with Crippen LogP contribution in [0.1, 0.15) is 72.5 Å². The van der Waals surface area contributed by atoms with Gasteiger partial charge in [-0.05, 0) is 110 Å². The Balaban J connectivity index is 1.47. The number of rotatable bonds is 5. The van der Waals surface area contributed by atoms with E-state index in [-0.39, 0.29) is 5.97 Å². The molecule has 0 radical (unpaired) electrons. The molecule has 3 heteroatoms. The van der Waals surface area contributed by atoms with Gasteiger partial charge in [0, 0.05) is 5.56 Å². The zero-order valence-corrected chi connectivity index (χ0v) is 18.8. The van der Waals surface area contributed by atoms with Gasteiger partial charge < -0.3 is 9.47 Å². The van der Waals surface area contributed by atoms with Gasteiger partial charge in [0.15, 0.2) is 0 Å². The van der Waals surface area contributed by atoms with Gasteiger partial charge in [-0.1, -0.05) is 24.3 Å². The highest BCUT2D eigenvalue weighted by Crippen LogP contribution is 2.62. The molecule has 162 valence electrons. The largest absolute Gasteiger partial charge is 0.496 e. The van der Waals surface area contributed by atoms with Crippen LogP contribution >= 0.6 is 0 Å². The Labute approximate surface area is 185 Å². The van der Waals surface area contributed by atoms with Crippen LogP contribution in [0.15, 0.2) is 42.5 Å². The predicted octanol–water partition coefficient (Wildman–Crippen LogP) is 6.51. The van der Waals surface area contributed by atoms with Crippen LogP contribution in [0.5, 0.6) is 5.75 Å². The lowest BCUT2D eigenvalue weighted by Gasteiger charge is -2.57. The Morgan fingerprint density at radius 2 is 1.48 bits per heavy atom. The van der Waals surface area contributed by atoms with Crippen LogP contribution in [0, 0.1) is 17.8 Å². The second kappa shape index (κ2) is 7.85. The van der Waals surface area contributed by atoms with Crippen molar-refractivity contribution >= 4 is 17.6 Å². The molecule has 4 bridgehead atoms. The van der Waals surface area contributed by atoms with Gasteiger partial charge in [0.1, 0.15) is 5.75 Å². The summed E-state index contributed by atoms with van der Waals surface area (Å²) in [6.07, 6.45) is 10.5. The van der Waals surface area contributed by atoms with E-state index in [1.54, 1.807) is 0 Å². The second-order valence-electron chi connectivity index (χ2n) is 10.1. The lowest BCUT2D eigenvalue weighted by Crippen LogP contribution is -2.48. The molecule has 6 rings (SSSR count). The summed E-state index contributed by atoms with van der Waals surface area (Å²) in [5.41, 5.74) is 5.87. The zero-order valence-electron chi connectivity index (χ0n) is 18.8. The van der Waals surface area contributed by atoms with E-state index in [1.807, 2.05) is 31.4 Å². The number of methoxy groups -OCH3 is 2. The molecule has 3 nitrogen and oxygen atoms in total. The minimum atomic E-state index is -0.303. The summed E-state index contributed by atoms with van der Waals surface area (Å²) >= 11 is 0. The maximum atomic E-state index is 11.7. The Bertz CT molecular complexity index is 980. The summed E-state index contributed by atoms with van der Waals surface area (Å²) in [5, 5.41) is 0. The molecule has 4 fully saturated rings.